The first-order valence-corrected chi connectivity index (χ1v) is 14.1. The molecule has 0 radical (unpaired) electrons. The summed E-state index contributed by atoms with van der Waals surface area (Å²) in [7, 11) is -3.49. The van der Waals surface area contributed by atoms with Gasteiger partial charge in [-0.3, -0.25) is 0 Å². The predicted molar refractivity (Wildman–Crippen MR) is 133 cm³/mol. The highest BCUT2D eigenvalue weighted by molar-refractivity contribution is 7.91. The van der Waals surface area contributed by atoms with Gasteiger partial charge in [0.2, 0.25) is 0 Å². The van der Waals surface area contributed by atoms with Crippen LogP contribution in [-0.4, -0.2) is 25.4 Å². The summed E-state index contributed by atoms with van der Waals surface area (Å²) in [4.78, 5) is 0.388. The van der Waals surface area contributed by atoms with Gasteiger partial charge in [-0.05, 0) is 48.4 Å². The van der Waals surface area contributed by atoms with E-state index in [-0.39, 0.29) is 11.7 Å². The molecule has 0 aromatic heterocycles. The van der Waals surface area contributed by atoms with Crippen molar-refractivity contribution in [1.29, 1.82) is 0 Å². The van der Waals surface area contributed by atoms with Crippen LogP contribution < -0.4 is 0 Å². The van der Waals surface area contributed by atoms with E-state index in [0.29, 0.717) is 11.3 Å². The van der Waals surface area contributed by atoms with Crippen LogP contribution in [0.5, 0.6) is 0 Å². The number of fused-ring (bicyclic) bond motifs is 1. The van der Waals surface area contributed by atoms with Crippen LogP contribution in [0.2, 0.25) is 0 Å². The van der Waals surface area contributed by atoms with Gasteiger partial charge in [0.05, 0.1) is 16.8 Å². The first kappa shape index (κ1) is 25.0. The van der Waals surface area contributed by atoms with E-state index in [1.807, 2.05) is 19.1 Å². The third-order valence-corrected chi connectivity index (χ3v) is 9.40. The Bertz CT molecular complexity index is 964. The van der Waals surface area contributed by atoms with E-state index >= 15 is 0 Å². The van der Waals surface area contributed by atoms with E-state index in [4.69, 9.17) is 0 Å². The van der Waals surface area contributed by atoms with Gasteiger partial charge in [-0.2, -0.15) is 0 Å². The molecule has 0 saturated carbocycles. The van der Waals surface area contributed by atoms with Crippen LogP contribution in [0.15, 0.2) is 53.4 Å². The van der Waals surface area contributed by atoms with Gasteiger partial charge < -0.3 is 5.11 Å². The smallest absolute Gasteiger partial charge is 0.179 e. The second-order valence-corrected chi connectivity index (χ2v) is 11.5. The summed E-state index contributed by atoms with van der Waals surface area (Å²) >= 11 is 0. The molecule has 4 heteroatoms. The molecule has 3 nitrogen and oxygen atoms in total. The molecule has 2 aromatic carbocycles. The zero-order valence-electron chi connectivity index (χ0n) is 20.0. The lowest BCUT2D eigenvalue weighted by Gasteiger charge is -2.39. The van der Waals surface area contributed by atoms with Gasteiger partial charge in [0, 0.05) is 11.3 Å². The van der Waals surface area contributed by atoms with Crippen molar-refractivity contribution in [3.63, 3.8) is 0 Å². The molecule has 0 saturated heterocycles. The fourth-order valence-corrected chi connectivity index (χ4v) is 7.60. The zero-order valence-corrected chi connectivity index (χ0v) is 20.8. The summed E-state index contributed by atoms with van der Waals surface area (Å²) in [5.74, 6) is -0.324. The molecular weight excluding hydrogens is 416 g/mol. The van der Waals surface area contributed by atoms with Crippen molar-refractivity contribution in [2.24, 2.45) is 5.41 Å². The second-order valence-electron chi connectivity index (χ2n) is 9.59. The SMILES string of the molecule is CCCCCCc1ccc([C@@H]2c3ccccc3S(=O)(=O)C[C@@](CC)(CCCC)[C@@H]2O)cc1. The Labute approximate surface area is 195 Å². The third kappa shape index (κ3) is 5.28. The topological polar surface area (TPSA) is 54.4 Å². The Morgan fingerprint density at radius 2 is 1.59 bits per heavy atom. The lowest BCUT2D eigenvalue weighted by Crippen LogP contribution is -2.42. The molecule has 3 atom stereocenters. The molecule has 2 aromatic rings. The van der Waals surface area contributed by atoms with Crippen LogP contribution in [-0.2, 0) is 16.3 Å². The molecule has 0 aliphatic carbocycles. The molecule has 0 spiro atoms. The van der Waals surface area contributed by atoms with E-state index in [1.54, 1.807) is 12.1 Å². The summed E-state index contributed by atoms with van der Waals surface area (Å²) in [6.07, 6.45) is 8.54. The minimum absolute atomic E-state index is 0.0146. The summed E-state index contributed by atoms with van der Waals surface area (Å²) in [5.41, 5.74) is 2.41. The van der Waals surface area contributed by atoms with Crippen LogP contribution in [0.1, 0.15) is 94.7 Å². The maximum atomic E-state index is 13.5. The average molecular weight is 457 g/mol. The Balaban J connectivity index is 2.03. The minimum Gasteiger partial charge on any atom is -0.392 e. The first-order chi connectivity index (χ1) is 15.4. The van der Waals surface area contributed by atoms with Crippen LogP contribution >= 0.6 is 0 Å². The van der Waals surface area contributed by atoms with E-state index in [0.717, 1.165) is 36.8 Å². The highest BCUT2D eigenvalue weighted by Gasteiger charge is 2.48. The fourth-order valence-electron chi connectivity index (χ4n) is 5.33. The van der Waals surface area contributed by atoms with Gasteiger partial charge in [0.15, 0.2) is 9.84 Å². The van der Waals surface area contributed by atoms with Crippen molar-refractivity contribution in [2.45, 2.75) is 95.5 Å². The van der Waals surface area contributed by atoms with E-state index in [9.17, 15) is 13.5 Å². The highest BCUT2D eigenvalue weighted by atomic mass is 32.2. The molecule has 176 valence electrons. The summed E-state index contributed by atoms with van der Waals surface area (Å²) in [6.45, 7) is 6.37. The van der Waals surface area contributed by atoms with Crippen LogP contribution in [0, 0.1) is 5.41 Å². The Morgan fingerprint density at radius 3 is 2.25 bits per heavy atom. The largest absolute Gasteiger partial charge is 0.392 e. The van der Waals surface area contributed by atoms with Gasteiger partial charge >= 0.3 is 0 Å². The van der Waals surface area contributed by atoms with Crippen molar-refractivity contribution in [2.75, 3.05) is 5.75 Å². The quantitative estimate of drug-likeness (QED) is 0.406. The second kappa shape index (κ2) is 11.0. The average Bonchev–Trinajstić information content (AvgIpc) is 2.87. The Kier molecular flexibility index (Phi) is 8.57. The maximum absolute atomic E-state index is 13.5. The summed E-state index contributed by atoms with van der Waals surface area (Å²) in [6, 6.07) is 15.8. The van der Waals surface area contributed by atoms with Crippen molar-refractivity contribution in [1.82, 2.24) is 0 Å². The number of rotatable bonds is 10. The molecule has 1 aliphatic rings. The molecule has 0 amide bonds. The summed E-state index contributed by atoms with van der Waals surface area (Å²) in [5, 5.41) is 11.8. The molecule has 0 bridgehead atoms. The molecule has 1 heterocycles. The number of hydrogen-bond acceptors (Lipinski definition) is 3. The number of aliphatic hydroxyl groups is 1. The number of aryl methyl sites for hydroxylation is 1. The minimum atomic E-state index is -3.49. The summed E-state index contributed by atoms with van der Waals surface area (Å²) < 4.78 is 26.9. The molecule has 3 rings (SSSR count). The number of unbranched alkanes of at least 4 members (excludes halogenated alkanes) is 4. The van der Waals surface area contributed by atoms with Crippen molar-refractivity contribution in [3.05, 3.63) is 65.2 Å². The highest BCUT2D eigenvalue weighted by Crippen LogP contribution is 2.48. The molecule has 1 aliphatic heterocycles. The Morgan fingerprint density at radius 1 is 0.906 bits per heavy atom. The molecule has 0 fully saturated rings. The van der Waals surface area contributed by atoms with E-state index in [1.165, 1.54) is 31.2 Å². The number of hydrogen-bond donors (Lipinski definition) is 1. The van der Waals surface area contributed by atoms with Gasteiger partial charge in [0.1, 0.15) is 0 Å². The van der Waals surface area contributed by atoms with Crippen molar-refractivity contribution in [3.8, 4) is 0 Å². The molecule has 1 N–H and O–H groups in total. The Hall–Kier alpha value is -1.65. The number of sulfone groups is 1. The van der Waals surface area contributed by atoms with Gasteiger partial charge in [-0.1, -0.05) is 95.3 Å². The lowest BCUT2D eigenvalue weighted by molar-refractivity contribution is 0.0174. The number of benzene rings is 2. The van der Waals surface area contributed by atoms with Gasteiger partial charge in [-0.15, -0.1) is 0 Å². The molecule has 32 heavy (non-hydrogen) atoms. The lowest BCUT2D eigenvalue weighted by atomic mass is 9.69. The first-order valence-electron chi connectivity index (χ1n) is 12.5. The zero-order chi connectivity index (χ0) is 23.2. The van der Waals surface area contributed by atoms with Crippen LogP contribution in [0.25, 0.3) is 0 Å². The van der Waals surface area contributed by atoms with Crippen LogP contribution in [0.3, 0.4) is 0 Å². The predicted octanol–water partition coefficient (Wildman–Crippen LogP) is 6.68. The number of aliphatic hydroxyl groups excluding tert-OH is 1. The van der Waals surface area contributed by atoms with Gasteiger partial charge in [-0.25, -0.2) is 8.42 Å². The maximum Gasteiger partial charge on any atom is 0.179 e. The van der Waals surface area contributed by atoms with Gasteiger partial charge in [0.25, 0.3) is 0 Å². The normalized spacial score (nSPS) is 24.6. The van der Waals surface area contributed by atoms with Crippen LogP contribution in [0.4, 0.5) is 0 Å². The van der Waals surface area contributed by atoms with E-state index < -0.39 is 21.4 Å². The third-order valence-electron chi connectivity index (χ3n) is 7.40. The molecular formula is C28H40O3S. The molecule has 0 unspecified atom stereocenters. The van der Waals surface area contributed by atoms with E-state index in [2.05, 4.69) is 38.1 Å². The van der Waals surface area contributed by atoms with Crippen molar-refractivity contribution >= 4 is 9.84 Å². The standard InChI is InChI=1S/C28H40O3S/c1-4-7-9-10-13-22-16-18-23(19-17-22)26-24-14-11-12-15-25(24)32(30,31)21-28(6-3,27(26)29)20-8-5-2/h11-12,14-19,26-27,29H,4-10,13,20-21H2,1-3H3/t26-,27-,28-/m1/s1. The monoisotopic (exact) mass is 456 g/mol. The fraction of sp³-hybridized carbons (Fsp3) is 0.571. The van der Waals surface area contributed by atoms with Crippen molar-refractivity contribution < 1.29 is 13.5 Å².